The van der Waals surface area contributed by atoms with Crippen molar-refractivity contribution in [3.05, 3.63) is 40.4 Å². The van der Waals surface area contributed by atoms with Gasteiger partial charge in [-0.05, 0) is 13.8 Å². The smallest absolute Gasteiger partial charge is 0.282 e. The first-order valence-corrected chi connectivity index (χ1v) is 6.39. The number of amides is 1. The van der Waals surface area contributed by atoms with Crippen LogP contribution in [0.5, 0.6) is 0 Å². The molecule has 2 rings (SSSR count). The molecule has 1 aliphatic rings. The van der Waals surface area contributed by atoms with Crippen molar-refractivity contribution in [3.8, 4) is 0 Å². The zero-order chi connectivity index (χ0) is 17.6. The molecule has 1 heterocycles. The minimum absolute atomic E-state index is 0.0268. The normalized spacial score (nSPS) is 16.8. The lowest BCUT2D eigenvalue weighted by atomic mass is 10.1. The molecule has 0 aromatic heterocycles. The summed E-state index contributed by atoms with van der Waals surface area (Å²) in [5.74, 6) is -11.8. The summed E-state index contributed by atoms with van der Waals surface area (Å²) in [5.41, 5.74) is -0.834. The van der Waals surface area contributed by atoms with E-state index in [1.54, 1.807) is 25.9 Å². The highest BCUT2D eigenvalue weighted by Crippen LogP contribution is 2.34. The van der Waals surface area contributed by atoms with Gasteiger partial charge in [-0.2, -0.15) is 10.1 Å². The van der Waals surface area contributed by atoms with Gasteiger partial charge in [0.2, 0.25) is 5.82 Å². The summed E-state index contributed by atoms with van der Waals surface area (Å²) in [5, 5.41) is 3.83. The lowest BCUT2D eigenvalue weighted by molar-refractivity contribution is -0.114. The van der Waals surface area contributed by atoms with Gasteiger partial charge in [0.1, 0.15) is 5.69 Å². The van der Waals surface area contributed by atoms with Crippen molar-refractivity contribution >= 4 is 17.3 Å². The van der Waals surface area contributed by atoms with Gasteiger partial charge < -0.3 is 4.90 Å². The first-order valence-electron chi connectivity index (χ1n) is 6.39. The Balaban J connectivity index is 2.68. The first-order chi connectivity index (χ1) is 10.6. The van der Waals surface area contributed by atoms with Crippen LogP contribution < -0.4 is 5.01 Å². The largest absolute Gasteiger partial charge is 0.380 e. The fraction of sp³-hybridized carbons (Fsp3) is 0.286. The third kappa shape index (κ3) is 2.45. The third-order valence-corrected chi connectivity index (χ3v) is 3.45. The van der Waals surface area contributed by atoms with E-state index in [0.29, 0.717) is 5.70 Å². The molecule has 9 heteroatoms. The van der Waals surface area contributed by atoms with E-state index in [9.17, 15) is 26.7 Å². The second-order valence-corrected chi connectivity index (χ2v) is 5.08. The quantitative estimate of drug-likeness (QED) is 0.361. The number of carbonyl (C=O) groups is 1. The number of anilines is 1. The summed E-state index contributed by atoms with van der Waals surface area (Å²) in [7, 11) is 3.26. The molecule has 0 spiro atoms. The Bertz CT molecular complexity index is 741. The number of benzene rings is 1. The molecule has 0 saturated heterocycles. The van der Waals surface area contributed by atoms with Crippen molar-refractivity contribution in [1.82, 2.24) is 4.90 Å². The number of nitrogens with zero attached hydrogens (tertiary/aromatic N) is 3. The SMILES string of the molecule is CC1=NN(c2c(F)c(F)c(F)c(F)c2F)C(=O)/C1=C(/C)N(C)C. The molecule has 0 radical (unpaired) electrons. The Morgan fingerprint density at radius 3 is 1.83 bits per heavy atom. The monoisotopic (exact) mass is 333 g/mol. The van der Waals surface area contributed by atoms with E-state index in [-0.39, 0.29) is 16.3 Å². The Labute approximate surface area is 128 Å². The van der Waals surface area contributed by atoms with Gasteiger partial charge in [-0.1, -0.05) is 0 Å². The maximum atomic E-state index is 13.8. The molecular formula is C14H12F5N3O. The van der Waals surface area contributed by atoms with Crippen molar-refractivity contribution in [1.29, 1.82) is 0 Å². The van der Waals surface area contributed by atoms with Crippen LogP contribution in [0.25, 0.3) is 0 Å². The van der Waals surface area contributed by atoms with Crippen LogP contribution in [0.4, 0.5) is 27.6 Å². The summed E-state index contributed by atoms with van der Waals surface area (Å²) in [4.78, 5) is 13.9. The fourth-order valence-electron chi connectivity index (χ4n) is 2.08. The van der Waals surface area contributed by atoms with E-state index in [0.717, 1.165) is 0 Å². The van der Waals surface area contributed by atoms with E-state index in [1.165, 1.54) is 6.92 Å². The predicted octanol–water partition coefficient (Wildman–Crippen LogP) is 2.94. The molecule has 0 fully saturated rings. The third-order valence-electron chi connectivity index (χ3n) is 3.45. The minimum atomic E-state index is -2.30. The van der Waals surface area contributed by atoms with Gasteiger partial charge >= 0.3 is 0 Å². The van der Waals surface area contributed by atoms with Gasteiger partial charge in [0.25, 0.3) is 5.91 Å². The second kappa shape index (κ2) is 5.64. The van der Waals surface area contributed by atoms with Crippen LogP contribution in [0.1, 0.15) is 13.8 Å². The molecule has 0 N–H and O–H groups in total. The van der Waals surface area contributed by atoms with Gasteiger partial charge in [-0.15, -0.1) is 0 Å². The van der Waals surface area contributed by atoms with Gasteiger partial charge in [-0.25, -0.2) is 22.0 Å². The van der Waals surface area contributed by atoms with Crippen molar-refractivity contribution in [2.24, 2.45) is 5.10 Å². The van der Waals surface area contributed by atoms with Crippen molar-refractivity contribution in [2.45, 2.75) is 13.8 Å². The summed E-state index contributed by atoms with van der Waals surface area (Å²) >= 11 is 0. The molecule has 0 unspecified atom stereocenters. The Kier molecular flexibility index (Phi) is 4.14. The maximum Gasteiger partial charge on any atom is 0.282 e. The van der Waals surface area contributed by atoms with Crippen LogP contribution in [-0.4, -0.2) is 30.6 Å². The zero-order valence-corrected chi connectivity index (χ0v) is 12.6. The second-order valence-electron chi connectivity index (χ2n) is 5.08. The van der Waals surface area contributed by atoms with Crippen LogP contribution in [0, 0.1) is 29.1 Å². The average molecular weight is 333 g/mol. The minimum Gasteiger partial charge on any atom is -0.380 e. The van der Waals surface area contributed by atoms with Crippen molar-refractivity contribution < 1.29 is 26.7 Å². The lowest BCUT2D eigenvalue weighted by Gasteiger charge is -2.17. The topological polar surface area (TPSA) is 35.9 Å². The summed E-state index contributed by atoms with van der Waals surface area (Å²) in [6.45, 7) is 2.96. The molecule has 1 amide bonds. The van der Waals surface area contributed by atoms with Crippen LogP contribution in [0.3, 0.4) is 0 Å². The molecule has 4 nitrogen and oxygen atoms in total. The molecule has 0 aliphatic carbocycles. The predicted molar refractivity (Wildman–Crippen MR) is 73.2 cm³/mol. The standard InChI is InChI=1S/C14H12F5N3O/c1-5-7(6(2)21(3)4)14(23)22(20-5)13-11(18)9(16)8(15)10(17)12(13)19/h1-4H3/b7-6-. The summed E-state index contributed by atoms with van der Waals surface area (Å²) in [6, 6.07) is 0. The highest BCUT2D eigenvalue weighted by molar-refractivity contribution is 6.30. The number of halogens is 5. The van der Waals surface area contributed by atoms with Crippen LogP contribution in [-0.2, 0) is 4.79 Å². The molecule has 124 valence electrons. The number of allylic oxidation sites excluding steroid dienone is 1. The van der Waals surface area contributed by atoms with Crippen LogP contribution in [0.2, 0.25) is 0 Å². The molecule has 1 aromatic rings. The van der Waals surface area contributed by atoms with E-state index in [1.807, 2.05) is 0 Å². The van der Waals surface area contributed by atoms with Crippen molar-refractivity contribution in [3.63, 3.8) is 0 Å². The van der Waals surface area contributed by atoms with Gasteiger partial charge in [-0.3, -0.25) is 4.79 Å². The number of hydrogen-bond acceptors (Lipinski definition) is 3. The van der Waals surface area contributed by atoms with E-state index >= 15 is 0 Å². The number of hydrazone groups is 1. The van der Waals surface area contributed by atoms with Crippen LogP contribution in [0.15, 0.2) is 16.4 Å². The molecule has 0 bridgehead atoms. The molecule has 0 atom stereocenters. The number of hydrogen-bond donors (Lipinski definition) is 0. The van der Waals surface area contributed by atoms with Crippen molar-refractivity contribution in [2.75, 3.05) is 19.1 Å². The highest BCUT2D eigenvalue weighted by atomic mass is 19.2. The molecule has 0 saturated carbocycles. The average Bonchev–Trinajstić information content (AvgIpc) is 2.77. The fourth-order valence-corrected chi connectivity index (χ4v) is 2.08. The highest BCUT2D eigenvalue weighted by Gasteiger charge is 2.38. The first kappa shape index (κ1) is 16.9. The molecular weight excluding hydrogens is 321 g/mol. The molecule has 23 heavy (non-hydrogen) atoms. The molecule has 1 aromatic carbocycles. The Hall–Kier alpha value is -2.45. The lowest BCUT2D eigenvalue weighted by Crippen LogP contribution is -2.27. The number of carbonyl (C=O) groups excluding carboxylic acids is 1. The Morgan fingerprint density at radius 2 is 1.39 bits per heavy atom. The van der Waals surface area contributed by atoms with Gasteiger partial charge in [0, 0.05) is 19.8 Å². The van der Waals surface area contributed by atoms with E-state index < -0.39 is 40.7 Å². The van der Waals surface area contributed by atoms with Gasteiger partial charge in [0.15, 0.2) is 23.3 Å². The van der Waals surface area contributed by atoms with Gasteiger partial charge in [0.05, 0.1) is 11.3 Å². The summed E-state index contributed by atoms with van der Waals surface area (Å²) < 4.78 is 67.3. The molecule has 1 aliphatic heterocycles. The van der Waals surface area contributed by atoms with E-state index in [2.05, 4.69) is 5.10 Å². The Morgan fingerprint density at radius 1 is 0.957 bits per heavy atom. The summed E-state index contributed by atoms with van der Waals surface area (Å²) in [6.07, 6.45) is 0. The van der Waals surface area contributed by atoms with E-state index in [4.69, 9.17) is 0 Å². The number of rotatable bonds is 2. The zero-order valence-electron chi connectivity index (χ0n) is 12.6. The maximum absolute atomic E-state index is 13.8. The van der Waals surface area contributed by atoms with Crippen LogP contribution >= 0.6 is 0 Å².